The Labute approximate surface area is 209 Å². The molecule has 2 aromatic carbocycles. The topological polar surface area (TPSA) is 17.1 Å². The van der Waals surface area contributed by atoms with Crippen LogP contribution in [0.15, 0.2) is 72.8 Å². The first-order valence-electron chi connectivity index (χ1n) is 13.3. The molecule has 0 radical (unpaired) electrons. The van der Waals surface area contributed by atoms with Gasteiger partial charge in [0.2, 0.25) is 0 Å². The van der Waals surface area contributed by atoms with Crippen molar-refractivity contribution in [1.82, 2.24) is 0 Å². The SMILES string of the molecule is C=C(CCCCCCCc1ccc(C)cc1)CCCCC(=C)C(C)CC(=O)c1ccc(C)cc1. The second kappa shape index (κ2) is 15.5. The van der Waals surface area contributed by atoms with Crippen molar-refractivity contribution in [3.8, 4) is 0 Å². The summed E-state index contributed by atoms with van der Waals surface area (Å²) < 4.78 is 0. The van der Waals surface area contributed by atoms with Crippen molar-refractivity contribution in [3.05, 3.63) is 95.1 Å². The zero-order chi connectivity index (χ0) is 24.8. The maximum absolute atomic E-state index is 12.5. The van der Waals surface area contributed by atoms with Gasteiger partial charge < -0.3 is 0 Å². The molecule has 2 aromatic rings. The number of benzene rings is 2. The van der Waals surface area contributed by atoms with Crippen LogP contribution in [0.1, 0.15) is 105 Å². The van der Waals surface area contributed by atoms with Gasteiger partial charge >= 0.3 is 0 Å². The predicted molar refractivity (Wildman–Crippen MR) is 149 cm³/mol. The smallest absolute Gasteiger partial charge is 0.163 e. The van der Waals surface area contributed by atoms with E-state index in [1.807, 2.05) is 31.2 Å². The van der Waals surface area contributed by atoms with E-state index >= 15 is 0 Å². The van der Waals surface area contributed by atoms with Crippen LogP contribution in [0.2, 0.25) is 0 Å². The molecular weight excluding hydrogens is 412 g/mol. The lowest BCUT2D eigenvalue weighted by molar-refractivity contribution is 0.0969. The minimum atomic E-state index is 0.220. The lowest BCUT2D eigenvalue weighted by atomic mass is 9.90. The van der Waals surface area contributed by atoms with E-state index in [1.165, 1.54) is 79.2 Å². The van der Waals surface area contributed by atoms with Crippen molar-refractivity contribution < 1.29 is 4.79 Å². The number of carbonyl (C=O) groups excluding carboxylic acids is 1. The molecule has 0 spiro atoms. The average Bonchev–Trinajstić information content (AvgIpc) is 2.82. The third-order valence-electron chi connectivity index (χ3n) is 6.96. The number of allylic oxidation sites excluding steroid dienone is 2. The van der Waals surface area contributed by atoms with Crippen molar-refractivity contribution in [3.63, 3.8) is 0 Å². The number of hydrogen-bond donors (Lipinski definition) is 0. The van der Waals surface area contributed by atoms with Crippen LogP contribution in [-0.4, -0.2) is 5.78 Å². The standard InChI is InChI=1S/C33H46O/c1-26(13-9-7-6-8-10-16-31-21-17-27(2)18-22-31)14-11-12-15-29(4)30(5)25-33(34)32-23-19-28(3)20-24-32/h17-24,30H,1,4,6-16,25H2,2-3,5H3. The van der Waals surface area contributed by atoms with Gasteiger partial charge in [-0.05, 0) is 76.7 Å². The highest BCUT2D eigenvalue weighted by Gasteiger charge is 2.13. The van der Waals surface area contributed by atoms with E-state index in [2.05, 4.69) is 51.3 Å². The molecule has 1 atom stereocenters. The molecule has 0 aliphatic heterocycles. The van der Waals surface area contributed by atoms with E-state index in [9.17, 15) is 4.79 Å². The van der Waals surface area contributed by atoms with E-state index < -0.39 is 0 Å². The molecule has 0 saturated carbocycles. The van der Waals surface area contributed by atoms with Crippen molar-refractivity contribution in [2.75, 3.05) is 0 Å². The van der Waals surface area contributed by atoms with Crippen LogP contribution in [0.25, 0.3) is 0 Å². The lowest BCUT2D eigenvalue weighted by Gasteiger charge is -2.14. The number of rotatable bonds is 17. The number of Topliss-reactive ketones (excluding diaryl/α,β-unsaturated/α-hetero) is 1. The fourth-order valence-electron chi connectivity index (χ4n) is 4.37. The summed E-state index contributed by atoms with van der Waals surface area (Å²) in [4.78, 5) is 12.5. The van der Waals surface area contributed by atoms with Crippen LogP contribution in [0, 0.1) is 19.8 Å². The molecule has 0 N–H and O–H groups in total. The third-order valence-corrected chi connectivity index (χ3v) is 6.96. The summed E-state index contributed by atoms with van der Waals surface area (Å²) >= 11 is 0. The fourth-order valence-corrected chi connectivity index (χ4v) is 4.37. The van der Waals surface area contributed by atoms with Gasteiger partial charge in [0.25, 0.3) is 0 Å². The zero-order valence-electron chi connectivity index (χ0n) is 22.0. The molecule has 1 nitrogen and oxygen atoms in total. The Hall–Kier alpha value is -2.41. The first-order chi connectivity index (χ1) is 16.3. The molecule has 0 aliphatic rings. The van der Waals surface area contributed by atoms with E-state index in [0.29, 0.717) is 6.42 Å². The van der Waals surface area contributed by atoms with Crippen molar-refractivity contribution in [2.45, 2.75) is 97.8 Å². The molecular formula is C33H46O. The van der Waals surface area contributed by atoms with Gasteiger partial charge in [-0.2, -0.15) is 0 Å². The molecule has 0 fully saturated rings. The van der Waals surface area contributed by atoms with Gasteiger partial charge in [0.1, 0.15) is 0 Å². The Kier molecular flexibility index (Phi) is 12.7. The van der Waals surface area contributed by atoms with Gasteiger partial charge in [0.05, 0.1) is 0 Å². The molecule has 184 valence electrons. The first kappa shape index (κ1) is 27.8. The average molecular weight is 459 g/mol. The largest absolute Gasteiger partial charge is 0.294 e. The number of hydrogen-bond acceptors (Lipinski definition) is 1. The maximum Gasteiger partial charge on any atom is 0.163 e. The van der Waals surface area contributed by atoms with Crippen LogP contribution in [0.4, 0.5) is 0 Å². The lowest BCUT2D eigenvalue weighted by Crippen LogP contribution is -2.08. The van der Waals surface area contributed by atoms with Crippen LogP contribution >= 0.6 is 0 Å². The molecule has 2 rings (SSSR count). The Morgan fingerprint density at radius 1 is 0.706 bits per heavy atom. The Balaban J connectivity index is 1.47. The maximum atomic E-state index is 12.5. The minimum absolute atomic E-state index is 0.220. The molecule has 1 unspecified atom stereocenters. The van der Waals surface area contributed by atoms with E-state index in [4.69, 9.17) is 0 Å². The van der Waals surface area contributed by atoms with Crippen molar-refractivity contribution >= 4 is 5.78 Å². The van der Waals surface area contributed by atoms with Crippen LogP contribution in [0.5, 0.6) is 0 Å². The molecule has 0 aliphatic carbocycles. The quantitative estimate of drug-likeness (QED) is 0.131. The highest BCUT2D eigenvalue weighted by molar-refractivity contribution is 5.96. The number of aryl methyl sites for hydroxylation is 3. The van der Waals surface area contributed by atoms with Crippen LogP contribution in [-0.2, 0) is 6.42 Å². The minimum Gasteiger partial charge on any atom is -0.294 e. The van der Waals surface area contributed by atoms with Crippen molar-refractivity contribution in [1.29, 1.82) is 0 Å². The van der Waals surface area contributed by atoms with Crippen molar-refractivity contribution in [2.24, 2.45) is 5.92 Å². The summed E-state index contributed by atoms with van der Waals surface area (Å²) in [7, 11) is 0. The second-order valence-electron chi connectivity index (χ2n) is 10.3. The highest BCUT2D eigenvalue weighted by Crippen LogP contribution is 2.23. The molecule has 0 aromatic heterocycles. The highest BCUT2D eigenvalue weighted by atomic mass is 16.1. The Morgan fingerprint density at radius 2 is 1.21 bits per heavy atom. The summed E-state index contributed by atoms with van der Waals surface area (Å²) in [5.41, 5.74) is 7.41. The molecule has 0 bridgehead atoms. The second-order valence-corrected chi connectivity index (χ2v) is 10.3. The Morgan fingerprint density at radius 3 is 1.85 bits per heavy atom. The summed E-state index contributed by atoms with van der Waals surface area (Å²) in [6.07, 6.45) is 13.9. The van der Waals surface area contributed by atoms with Gasteiger partial charge in [0, 0.05) is 12.0 Å². The van der Waals surface area contributed by atoms with Gasteiger partial charge in [-0.1, -0.05) is 110 Å². The van der Waals surface area contributed by atoms with E-state index in [-0.39, 0.29) is 11.7 Å². The number of carbonyl (C=O) groups is 1. The van der Waals surface area contributed by atoms with Crippen LogP contribution in [0.3, 0.4) is 0 Å². The predicted octanol–water partition coefficient (Wildman–Crippen LogP) is 9.77. The number of unbranched alkanes of at least 4 members (excludes halogenated alkanes) is 5. The Bertz CT molecular complexity index is 885. The van der Waals surface area contributed by atoms with Gasteiger partial charge in [-0.15, -0.1) is 0 Å². The molecule has 0 saturated heterocycles. The molecule has 1 heteroatoms. The molecule has 34 heavy (non-hydrogen) atoms. The fraction of sp³-hybridized carbons (Fsp3) is 0.485. The zero-order valence-corrected chi connectivity index (χ0v) is 22.0. The first-order valence-corrected chi connectivity index (χ1v) is 13.3. The normalized spacial score (nSPS) is 11.9. The molecule has 0 heterocycles. The van der Waals surface area contributed by atoms with E-state index in [1.54, 1.807) is 0 Å². The summed E-state index contributed by atoms with van der Waals surface area (Å²) in [5, 5.41) is 0. The monoisotopic (exact) mass is 458 g/mol. The van der Waals surface area contributed by atoms with Gasteiger partial charge in [-0.3, -0.25) is 4.79 Å². The number of ketones is 1. The van der Waals surface area contributed by atoms with Crippen LogP contribution < -0.4 is 0 Å². The third kappa shape index (κ3) is 11.1. The summed E-state index contributed by atoms with van der Waals surface area (Å²) in [6, 6.07) is 16.8. The van der Waals surface area contributed by atoms with Gasteiger partial charge in [0.15, 0.2) is 5.78 Å². The summed E-state index contributed by atoms with van der Waals surface area (Å²) in [6.45, 7) is 14.9. The van der Waals surface area contributed by atoms with Gasteiger partial charge in [-0.25, -0.2) is 0 Å². The summed E-state index contributed by atoms with van der Waals surface area (Å²) in [5.74, 6) is 0.459. The molecule has 0 amide bonds. The van der Waals surface area contributed by atoms with E-state index in [0.717, 1.165) is 24.8 Å².